The van der Waals surface area contributed by atoms with Gasteiger partial charge in [0, 0.05) is 17.4 Å². The fourth-order valence-corrected chi connectivity index (χ4v) is 1.47. The first-order valence-corrected chi connectivity index (χ1v) is 4.51. The fraction of sp³-hybridized carbons (Fsp3) is 0.444. The minimum absolute atomic E-state index is 0.532. The second kappa shape index (κ2) is 3.12. The number of hydrogen-bond donors (Lipinski definition) is 2. The molecule has 0 bridgehead atoms. The number of hydrogen-bond acceptors (Lipinski definition) is 3. The van der Waals surface area contributed by atoms with E-state index in [-0.39, 0.29) is 0 Å². The van der Waals surface area contributed by atoms with Crippen LogP contribution < -0.4 is 5.46 Å². The van der Waals surface area contributed by atoms with Gasteiger partial charge in [-0.25, -0.2) is 0 Å². The van der Waals surface area contributed by atoms with Gasteiger partial charge in [0.1, 0.15) is 0 Å². The average Bonchev–Trinajstić information content (AvgIpc) is 2.87. The Balaban J connectivity index is 2.36. The topological polar surface area (TPSA) is 53.4 Å². The van der Waals surface area contributed by atoms with E-state index in [2.05, 4.69) is 4.98 Å². The number of nitrogens with zero attached hydrogens (tertiary/aromatic N) is 1. The summed E-state index contributed by atoms with van der Waals surface area (Å²) in [5, 5.41) is 18.1. The van der Waals surface area contributed by atoms with Crippen molar-refractivity contribution in [1.82, 2.24) is 4.98 Å². The molecule has 1 aromatic rings. The highest BCUT2D eigenvalue weighted by atomic mass is 16.4. The largest absolute Gasteiger partial charge is 0.490 e. The molecule has 3 nitrogen and oxygen atoms in total. The van der Waals surface area contributed by atoms with Crippen molar-refractivity contribution in [3.63, 3.8) is 0 Å². The van der Waals surface area contributed by atoms with Gasteiger partial charge in [-0.05, 0) is 31.2 Å². The predicted octanol–water partition coefficient (Wildman–Crippen LogP) is -0.0528. The number of rotatable bonds is 2. The average molecular weight is 177 g/mol. The first-order valence-electron chi connectivity index (χ1n) is 4.51. The van der Waals surface area contributed by atoms with E-state index in [0.29, 0.717) is 17.1 Å². The summed E-state index contributed by atoms with van der Waals surface area (Å²) in [4.78, 5) is 4.14. The normalized spacial score (nSPS) is 15.9. The van der Waals surface area contributed by atoms with E-state index >= 15 is 0 Å². The number of aromatic nitrogens is 1. The molecule has 1 aromatic heterocycles. The lowest BCUT2D eigenvalue weighted by molar-refractivity contribution is 0.425. The van der Waals surface area contributed by atoms with E-state index in [4.69, 9.17) is 10.0 Å². The quantitative estimate of drug-likeness (QED) is 0.622. The molecule has 2 rings (SSSR count). The Kier molecular flexibility index (Phi) is 2.10. The molecule has 68 valence electrons. The Hall–Kier alpha value is -0.865. The molecule has 1 heterocycles. The van der Waals surface area contributed by atoms with Gasteiger partial charge >= 0.3 is 7.12 Å². The van der Waals surface area contributed by atoms with Crippen molar-refractivity contribution < 1.29 is 10.0 Å². The third kappa shape index (κ3) is 1.74. The maximum Gasteiger partial charge on any atom is 0.490 e. The molecule has 4 heteroatoms. The molecule has 0 aromatic carbocycles. The lowest BCUT2D eigenvalue weighted by Gasteiger charge is -2.05. The van der Waals surface area contributed by atoms with E-state index < -0.39 is 7.12 Å². The highest BCUT2D eigenvalue weighted by molar-refractivity contribution is 6.59. The minimum atomic E-state index is -1.40. The summed E-state index contributed by atoms with van der Waals surface area (Å²) < 4.78 is 0. The summed E-state index contributed by atoms with van der Waals surface area (Å²) >= 11 is 0. The highest BCUT2D eigenvalue weighted by Gasteiger charge is 2.25. The lowest BCUT2D eigenvalue weighted by atomic mass is 9.78. The zero-order valence-electron chi connectivity index (χ0n) is 7.57. The summed E-state index contributed by atoms with van der Waals surface area (Å²) in [5.41, 5.74) is 2.36. The molecular weight excluding hydrogens is 165 g/mol. The molecule has 0 radical (unpaired) electrons. The number of pyridine rings is 1. The van der Waals surface area contributed by atoms with E-state index in [1.165, 1.54) is 12.8 Å². The molecular formula is C9H12BNO2. The van der Waals surface area contributed by atoms with Crippen LogP contribution in [0.15, 0.2) is 12.3 Å². The summed E-state index contributed by atoms with van der Waals surface area (Å²) in [6, 6.07) is 1.85. The molecule has 1 aliphatic carbocycles. The van der Waals surface area contributed by atoms with E-state index in [0.717, 1.165) is 5.56 Å². The first kappa shape index (κ1) is 8.72. The Morgan fingerprint density at radius 2 is 2.15 bits per heavy atom. The molecule has 13 heavy (non-hydrogen) atoms. The highest BCUT2D eigenvalue weighted by Crippen LogP contribution is 2.39. The van der Waals surface area contributed by atoms with Crippen LogP contribution >= 0.6 is 0 Å². The summed E-state index contributed by atoms with van der Waals surface area (Å²) in [6.45, 7) is 1.78. The van der Waals surface area contributed by atoms with Gasteiger partial charge < -0.3 is 10.0 Å². The van der Waals surface area contributed by atoms with Gasteiger partial charge in [0.25, 0.3) is 0 Å². The molecule has 0 amide bonds. The van der Waals surface area contributed by atoms with Gasteiger partial charge in [0.15, 0.2) is 0 Å². The maximum atomic E-state index is 9.05. The zero-order valence-corrected chi connectivity index (χ0v) is 7.57. The fourth-order valence-electron chi connectivity index (χ4n) is 1.47. The molecule has 1 fully saturated rings. The Morgan fingerprint density at radius 3 is 2.69 bits per heavy atom. The SMILES string of the molecule is Cc1ncc(C2CC2)cc1B(O)O. The van der Waals surface area contributed by atoms with E-state index in [1.807, 2.05) is 12.3 Å². The summed E-state index contributed by atoms with van der Waals surface area (Å²) in [6.07, 6.45) is 4.23. The lowest BCUT2D eigenvalue weighted by Crippen LogP contribution is -2.33. The van der Waals surface area contributed by atoms with E-state index in [1.54, 1.807) is 6.92 Å². The Labute approximate surface area is 77.6 Å². The smallest absolute Gasteiger partial charge is 0.423 e. The third-order valence-electron chi connectivity index (χ3n) is 2.47. The second-order valence-electron chi connectivity index (χ2n) is 3.59. The Morgan fingerprint density at radius 1 is 1.46 bits per heavy atom. The van der Waals surface area contributed by atoms with Crippen LogP contribution in [0.5, 0.6) is 0 Å². The summed E-state index contributed by atoms with van der Waals surface area (Å²) in [7, 11) is -1.40. The van der Waals surface area contributed by atoms with Crippen LogP contribution in [0.2, 0.25) is 0 Å². The van der Waals surface area contributed by atoms with Gasteiger partial charge in [-0.3, -0.25) is 4.98 Å². The standard InChI is InChI=1S/C9H12BNO2/c1-6-9(10(12)13)4-8(5-11-6)7-2-3-7/h4-5,7,12-13H,2-3H2,1H3. The van der Waals surface area contributed by atoms with Crippen molar-refractivity contribution in [2.45, 2.75) is 25.7 Å². The van der Waals surface area contributed by atoms with Gasteiger partial charge in [-0.15, -0.1) is 0 Å². The third-order valence-corrected chi connectivity index (χ3v) is 2.47. The van der Waals surface area contributed by atoms with Crippen molar-refractivity contribution in [2.24, 2.45) is 0 Å². The van der Waals surface area contributed by atoms with Gasteiger partial charge in [-0.2, -0.15) is 0 Å². The van der Waals surface area contributed by atoms with Crippen LogP contribution in [0.3, 0.4) is 0 Å². The van der Waals surface area contributed by atoms with Crippen molar-refractivity contribution >= 4 is 12.6 Å². The van der Waals surface area contributed by atoms with Crippen LogP contribution in [-0.2, 0) is 0 Å². The predicted molar refractivity (Wildman–Crippen MR) is 50.8 cm³/mol. The monoisotopic (exact) mass is 177 g/mol. The molecule has 0 saturated heterocycles. The van der Waals surface area contributed by atoms with Gasteiger partial charge in [-0.1, -0.05) is 6.07 Å². The van der Waals surface area contributed by atoms with Crippen molar-refractivity contribution in [1.29, 1.82) is 0 Å². The van der Waals surface area contributed by atoms with Crippen LogP contribution in [0.1, 0.15) is 30.0 Å². The van der Waals surface area contributed by atoms with Crippen LogP contribution in [-0.4, -0.2) is 22.2 Å². The maximum absolute atomic E-state index is 9.05. The molecule has 0 aliphatic heterocycles. The molecule has 1 saturated carbocycles. The van der Waals surface area contributed by atoms with Crippen LogP contribution in [0.4, 0.5) is 0 Å². The molecule has 1 aliphatic rings. The molecule has 0 unspecified atom stereocenters. The molecule has 2 N–H and O–H groups in total. The van der Waals surface area contributed by atoms with E-state index in [9.17, 15) is 0 Å². The minimum Gasteiger partial charge on any atom is -0.423 e. The van der Waals surface area contributed by atoms with Gasteiger partial charge in [0.2, 0.25) is 0 Å². The first-order chi connectivity index (χ1) is 6.18. The van der Waals surface area contributed by atoms with Gasteiger partial charge in [0.05, 0.1) is 0 Å². The van der Waals surface area contributed by atoms with Crippen molar-refractivity contribution in [2.75, 3.05) is 0 Å². The Bertz CT molecular complexity index is 323. The molecule has 0 spiro atoms. The number of aryl methyl sites for hydroxylation is 1. The van der Waals surface area contributed by atoms with Crippen LogP contribution in [0, 0.1) is 6.92 Å². The van der Waals surface area contributed by atoms with Crippen molar-refractivity contribution in [3.05, 3.63) is 23.5 Å². The summed E-state index contributed by atoms with van der Waals surface area (Å²) in [5.74, 6) is 0.602. The van der Waals surface area contributed by atoms with Crippen LogP contribution in [0.25, 0.3) is 0 Å². The molecule has 0 atom stereocenters. The second-order valence-corrected chi connectivity index (χ2v) is 3.59. The zero-order chi connectivity index (χ0) is 9.42. The van der Waals surface area contributed by atoms with Crippen molar-refractivity contribution in [3.8, 4) is 0 Å².